The summed E-state index contributed by atoms with van der Waals surface area (Å²) in [6.07, 6.45) is 2.30. The van der Waals surface area contributed by atoms with Crippen LogP contribution in [-0.4, -0.2) is 29.9 Å². The van der Waals surface area contributed by atoms with Gasteiger partial charge in [-0.15, -0.1) is 12.4 Å². The van der Waals surface area contributed by atoms with Gasteiger partial charge in [-0.3, -0.25) is 4.79 Å². The minimum absolute atomic E-state index is 0. The fraction of sp³-hybridized carbons (Fsp3) is 0.562. The third kappa shape index (κ3) is 3.91. The lowest BCUT2D eigenvalue weighted by atomic mass is 9.88. The summed E-state index contributed by atoms with van der Waals surface area (Å²) < 4.78 is 0. The van der Waals surface area contributed by atoms with E-state index in [-0.39, 0.29) is 18.3 Å². The van der Waals surface area contributed by atoms with Crippen LogP contribution in [0.3, 0.4) is 0 Å². The van der Waals surface area contributed by atoms with Crippen LogP contribution in [0, 0.1) is 11.8 Å². The molecule has 1 unspecified atom stereocenters. The number of hydrogen-bond acceptors (Lipinski definition) is 2. The zero-order valence-corrected chi connectivity index (χ0v) is 13.8. The van der Waals surface area contributed by atoms with Gasteiger partial charge in [-0.05, 0) is 49.5 Å². The number of carbonyl (C=O) groups excluding carboxylic acids is 1. The number of hydrogen-bond donors (Lipinski definition) is 1. The Morgan fingerprint density at radius 1 is 1.33 bits per heavy atom. The fourth-order valence-electron chi connectivity index (χ4n) is 2.69. The third-order valence-electron chi connectivity index (χ3n) is 4.45. The lowest BCUT2D eigenvalue weighted by molar-refractivity contribution is -0.138. The topological polar surface area (TPSA) is 32.3 Å². The molecule has 0 bridgehead atoms. The van der Waals surface area contributed by atoms with Gasteiger partial charge in [-0.1, -0.05) is 30.7 Å². The van der Waals surface area contributed by atoms with E-state index < -0.39 is 0 Å². The van der Waals surface area contributed by atoms with Crippen LogP contribution in [0.5, 0.6) is 0 Å². The highest BCUT2D eigenvalue weighted by molar-refractivity contribution is 6.30. The number of halogens is 2. The molecule has 2 aliphatic rings. The van der Waals surface area contributed by atoms with Crippen molar-refractivity contribution in [3.05, 3.63) is 34.9 Å². The van der Waals surface area contributed by atoms with Gasteiger partial charge in [0.1, 0.15) is 0 Å². The van der Waals surface area contributed by atoms with Crippen LogP contribution < -0.4 is 5.32 Å². The van der Waals surface area contributed by atoms with Gasteiger partial charge in [-0.2, -0.15) is 0 Å². The molecule has 1 aliphatic carbocycles. The van der Waals surface area contributed by atoms with Crippen molar-refractivity contribution >= 4 is 29.9 Å². The smallest absolute Gasteiger partial charge is 0.226 e. The molecule has 1 heterocycles. The number of nitrogens with zero attached hydrogens (tertiary/aromatic N) is 1. The Kier molecular flexibility index (Phi) is 5.53. The van der Waals surface area contributed by atoms with E-state index >= 15 is 0 Å². The minimum Gasteiger partial charge on any atom is -0.335 e. The second-order valence-electron chi connectivity index (χ2n) is 6.03. The van der Waals surface area contributed by atoms with Crippen LogP contribution >= 0.6 is 24.0 Å². The van der Waals surface area contributed by atoms with Crippen LogP contribution in [-0.2, 0) is 11.3 Å². The summed E-state index contributed by atoms with van der Waals surface area (Å²) in [5.74, 6) is 0.951. The first kappa shape index (κ1) is 16.6. The van der Waals surface area contributed by atoms with Gasteiger partial charge in [0.15, 0.2) is 0 Å². The highest BCUT2D eigenvalue weighted by Gasteiger charge is 2.38. The molecule has 1 amide bonds. The number of amides is 1. The Morgan fingerprint density at radius 2 is 1.95 bits per heavy atom. The molecule has 0 aromatic heterocycles. The van der Waals surface area contributed by atoms with Crippen molar-refractivity contribution in [2.24, 2.45) is 11.8 Å². The lowest BCUT2D eigenvalue weighted by Crippen LogP contribution is -2.50. The molecule has 1 atom stereocenters. The van der Waals surface area contributed by atoms with Crippen molar-refractivity contribution in [2.75, 3.05) is 13.1 Å². The molecule has 116 valence electrons. The largest absolute Gasteiger partial charge is 0.335 e. The van der Waals surface area contributed by atoms with Crippen molar-refractivity contribution in [1.29, 1.82) is 0 Å². The minimum atomic E-state index is 0. The molecule has 1 N–H and O–H groups in total. The standard InChI is InChI=1S/C16H21ClN2O.ClH/c1-11(13-8-18-9-13)16(20)19(15-6-7-15)10-12-2-4-14(17)5-3-12;/h2-5,11,13,15,18H,6-10H2,1H3;1H. The average molecular weight is 329 g/mol. The van der Waals surface area contributed by atoms with Crippen molar-refractivity contribution in [3.8, 4) is 0 Å². The molecule has 1 aromatic carbocycles. The molecular weight excluding hydrogens is 307 g/mol. The first-order valence-corrected chi connectivity index (χ1v) is 7.78. The van der Waals surface area contributed by atoms with Crippen LogP contribution in [0.2, 0.25) is 5.02 Å². The Morgan fingerprint density at radius 3 is 2.43 bits per heavy atom. The summed E-state index contributed by atoms with van der Waals surface area (Å²) >= 11 is 5.92. The molecule has 0 radical (unpaired) electrons. The summed E-state index contributed by atoms with van der Waals surface area (Å²) in [6, 6.07) is 8.27. The Labute approximate surface area is 137 Å². The van der Waals surface area contributed by atoms with Gasteiger partial charge in [0.2, 0.25) is 5.91 Å². The van der Waals surface area contributed by atoms with Gasteiger partial charge in [0.05, 0.1) is 0 Å². The molecule has 1 saturated carbocycles. The summed E-state index contributed by atoms with van der Waals surface area (Å²) in [4.78, 5) is 14.8. The maximum absolute atomic E-state index is 12.7. The van der Waals surface area contributed by atoms with E-state index in [1.165, 1.54) is 0 Å². The van der Waals surface area contributed by atoms with Crippen LogP contribution in [0.15, 0.2) is 24.3 Å². The van der Waals surface area contributed by atoms with Crippen LogP contribution in [0.25, 0.3) is 0 Å². The van der Waals surface area contributed by atoms with E-state index in [0.717, 1.165) is 36.5 Å². The normalized spacial score (nSPS) is 19.3. The number of benzene rings is 1. The first-order valence-electron chi connectivity index (χ1n) is 7.41. The van der Waals surface area contributed by atoms with Gasteiger partial charge >= 0.3 is 0 Å². The lowest BCUT2D eigenvalue weighted by Gasteiger charge is -2.35. The van der Waals surface area contributed by atoms with Gasteiger partial charge in [-0.25, -0.2) is 0 Å². The monoisotopic (exact) mass is 328 g/mol. The summed E-state index contributed by atoms with van der Waals surface area (Å²) in [5, 5.41) is 3.99. The third-order valence-corrected chi connectivity index (χ3v) is 4.70. The van der Waals surface area contributed by atoms with Crippen molar-refractivity contribution in [3.63, 3.8) is 0 Å². The van der Waals surface area contributed by atoms with Gasteiger partial charge in [0, 0.05) is 23.5 Å². The highest BCUT2D eigenvalue weighted by Crippen LogP contribution is 2.31. The van der Waals surface area contributed by atoms with E-state index in [4.69, 9.17) is 11.6 Å². The Balaban J connectivity index is 0.00000161. The summed E-state index contributed by atoms with van der Waals surface area (Å²) in [5.41, 5.74) is 1.16. The van der Waals surface area contributed by atoms with Crippen molar-refractivity contribution in [2.45, 2.75) is 32.4 Å². The molecule has 0 spiro atoms. The molecular formula is C16H22Cl2N2O. The molecule has 1 aromatic rings. The second-order valence-corrected chi connectivity index (χ2v) is 6.47. The molecule has 3 rings (SSSR count). The molecule has 2 fully saturated rings. The van der Waals surface area contributed by atoms with Gasteiger partial charge < -0.3 is 10.2 Å². The quantitative estimate of drug-likeness (QED) is 0.900. The van der Waals surface area contributed by atoms with Crippen LogP contribution in [0.4, 0.5) is 0 Å². The predicted molar refractivity (Wildman–Crippen MR) is 87.8 cm³/mol. The number of nitrogens with one attached hydrogen (secondary N) is 1. The summed E-state index contributed by atoms with van der Waals surface area (Å²) in [7, 11) is 0. The molecule has 3 nitrogen and oxygen atoms in total. The zero-order chi connectivity index (χ0) is 14.1. The fourth-order valence-corrected chi connectivity index (χ4v) is 2.81. The van der Waals surface area contributed by atoms with Crippen molar-refractivity contribution < 1.29 is 4.79 Å². The number of rotatable bonds is 5. The van der Waals surface area contributed by atoms with Gasteiger partial charge in [0.25, 0.3) is 0 Å². The molecule has 1 saturated heterocycles. The maximum Gasteiger partial charge on any atom is 0.226 e. The zero-order valence-electron chi connectivity index (χ0n) is 12.2. The van der Waals surface area contributed by atoms with E-state index in [2.05, 4.69) is 17.1 Å². The van der Waals surface area contributed by atoms with E-state index in [9.17, 15) is 4.79 Å². The highest BCUT2D eigenvalue weighted by atomic mass is 35.5. The van der Waals surface area contributed by atoms with E-state index in [1.54, 1.807) is 0 Å². The van der Waals surface area contributed by atoms with Crippen molar-refractivity contribution in [1.82, 2.24) is 10.2 Å². The second kappa shape index (κ2) is 6.99. The predicted octanol–water partition coefficient (Wildman–Crippen LogP) is 3.11. The number of carbonyl (C=O) groups is 1. The molecule has 5 heteroatoms. The average Bonchev–Trinajstić information content (AvgIpc) is 3.19. The SMILES string of the molecule is CC(C(=O)N(Cc1ccc(Cl)cc1)C1CC1)C1CNC1.Cl. The molecule has 1 aliphatic heterocycles. The summed E-state index contributed by atoms with van der Waals surface area (Å²) in [6.45, 7) is 4.74. The maximum atomic E-state index is 12.7. The Hall–Kier alpha value is -0.770. The van der Waals surface area contributed by atoms with E-state index in [1.807, 2.05) is 24.3 Å². The first-order chi connectivity index (χ1) is 9.65. The Bertz CT molecular complexity index is 484. The van der Waals surface area contributed by atoms with E-state index in [0.29, 0.717) is 24.4 Å². The molecule has 21 heavy (non-hydrogen) atoms. The van der Waals surface area contributed by atoms with Crippen LogP contribution in [0.1, 0.15) is 25.3 Å².